The van der Waals surface area contributed by atoms with Gasteiger partial charge in [-0.1, -0.05) is 29.7 Å². The molecule has 20 heavy (non-hydrogen) atoms. The van der Waals surface area contributed by atoms with E-state index in [4.69, 9.17) is 16.1 Å². The summed E-state index contributed by atoms with van der Waals surface area (Å²) >= 11 is 7.62. The SMILES string of the molecule is CC1CCNC1c1nc(CSc2cccc(Cl)c2)no1. The molecule has 0 saturated carbocycles. The molecule has 1 aromatic heterocycles. The highest BCUT2D eigenvalue weighted by molar-refractivity contribution is 7.98. The molecule has 2 aromatic rings. The standard InChI is InChI=1S/C14H16ClN3OS/c1-9-5-6-16-13(9)14-17-12(18-19-14)8-20-11-4-2-3-10(15)7-11/h2-4,7,9,13,16H,5-6,8H2,1H3. The van der Waals surface area contributed by atoms with Crippen LogP contribution in [0.1, 0.15) is 31.1 Å². The molecule has 2 atom stereocenters. The lowest BCUT2D eigenvalue weighted by atomic mass is 10.0. The van der Waals surface area contributed by atoms with Gasteiger partial charge < -0.3 is 9.84 Å². The number of nitrogens with zero attached hydrogens (tertiary/aromatic N) is 2. The normalized spacial score (nSPS) is 22.3. The summed E-state index contributed by atoms with van der Waals surface area (Å²) in [5.74, 6) is 2.66. The van der Waals surface area contributed by atoms with E-state index in [9.17, 15) is 0 Å². The Labute approximate surface area is 127 Å². The molecule has 0 spiro atoms. The highest BCUT2D eigenvalue weighted by atomic mass is 35.5. The number of nitrogens with one attached hydrogen (secondary N) is 1. The number of aromatic nitrogens is 2. The Morgan fingerprint density at radius 1 is 1.50 bits per heavy atom. The minimum atomic E-state index is 0.201. The third kappa shape index (κ3) is 3.16. The molecule has 0 amide bonds. The summed E-state index contributed by atoms with van der Waals surface area (Å²) in [7, 11) is 0. The second-order valence-electron chi connectivity index (χ2n) is 4.99. The van der Waals surface area contributed by atoms with Gasteiger partial charge in [0.1, 0.15) is 0 Å². The number of hydrogen-bond acceptors (Lipinski definition) is 5. The molecule has 0 bridgehead atoms. The molecule has 1 aromatic carbocycles. The summed E-state index contributed by atoms with van der Waals surface area (Å²) in [4.78, 5) is 5.59. The molecule has 0 aliphatic carbocycles. The third-order valence-corrected chi connectivity index (χ3v) is 4.67. The molecular weight excluding hydrogens is 294 g/mol. The van der Waals surface area contributed by atoms with Crippen molar-refractivity contribution in [1.82, 2.24) is 15.5 Å². The molecule has 3 rings (SSSR count). The monoisotopic (exact) mass is 309 g/mol. The highest BCUT2D eigenvalue weighted by Crippen LogP contribution is 2.29. The van der Waals surface area contributed by atoms with E-state index in [2.05, 4.69) is 22.4 Å². The maximum absolute atomic E-state index is 5.96. The molecule has 1 fully saturated rings. The lowest BCUT2D eigenvalue weighted by Gasteiger charge is -2.09. The zero-order valence-corrected chi connectivity index (χ0v) is 12.7. The van der Waals surface area contributed by atoms with Gasteiger partial charge >= 0.3 is 0 Å². The van der Waals surface area contributed by atoms with E-state index < -0.39 is 0 Å². The average Bonchev–Trinajstić information content (AvgIpc) is 3.05. The Balaban J connectivity index is 1.63. The Bertz CT molecular complexity index is 589. The minimum absolute atomic E-state index is 0.201. The van der Waals surface area contributed by atoms with Gasteiger partial charge in [0.15, 0.2) is 5.82 Å². The van der Waals surface area contributed by atoms with Crippen LogP contribution in [0.25, 0.3) is 0 Å². The summed E-state index contributed by atoms with van der Waals surface area (Å²) in [5.41, 5.74) is 0. The van der Waals surface area contributed by atoms with Gasteiger partial charge in [-0.05, 0) is 37.1 Å². The molecule has 2 unspecified atom stereocenters. The van der Waals surface area contributed by atoms with Gasteiger partial charge in [0, 0.05) is 9.92 Å². The Morgan fingerprint density at radius 2 is 2.40 bits per heavy atom. The van der Waals surface area contributed by atoms with Gasteiger partial charge in [0.25, 0.3) is 0 Å². The van der Waals surface area contributed by atoms with Gasteiger partial charge in [-0.2, -0.15) is 4.98 Å². The quantitative estimate of drug-likeness (QED) is 0.873. The summed E-state index contributed by atoms with van der Waals surface area (Å²) in [6, 6.07) is 7.97. The molecule has 0 radical (unpaired) electrons. The zero-order valence-electron chi connectivity index (χ0n) is 11.2. The Kier molecular flexibility index (Phi) is 4.29. The fourth-order valence-corrected chi connectivity index (χ4v) is 3.38. The Hall–Kier alpha value is -1.04. The summed E-state index contributed by atoms with van der Waals surface area (Å²) in [6.07, 6.45) is 1.15. The summed E-state index contributed by atoms with van der Waals surface area (Å²) < 4.78 is 5.37. The molecule has 4 nitrogen and oxygen atoms in total. The second-order valence-corrected chi connectivity index (χ2v) is 6.48. The molecule has 6 heteroatoms. The molecule has 1 aliphatic heterocycles. The van der Waals surface area contributed by atoms with Crippen LogP contribution in [0, 0.1) is 5.92 Å². The van der Waals surface area contributed by atoms with Crippen molar-refractivity contribution in [1.29, 1.82) is 0 Å². The van der Waals surface area contributed by atoms with Crippen LogP contribution in [-0.4, -0.2) is 16.7 Å². The van der Waals surface area contributed by atoms with Crippen LogP contribution in [0.15, 0.2) is 33.7 Å². The van der Waals surface area contributed by atoms with Gasteiger partial charge in [0.05, 0.1) is 11.8 Å². The van der Waals surface area contributed by atoms with Gasteiger partial charge in [-0.3, -0.25) is 0 Å². The van der Waals surface area contributed by atoms with Crippen LogP contribution in [0.5, 0.6) is 0 Å². The topological polar surface area (TPSA) is 51.0 Å². The maximum atomic E-state index is 5.96. The minimum Gasteiger partial charge on any atom is -0.338 e. The number of hydrogen-bond donors (Lipinski definition) is 1. The fourth-order valence-electron chi connectivity index (χ4n) is 2.32. The number of thioether (sulfide) groups is 1. The van der Waals surface area contributed by atoms with Crippen LogP contribution in [0.3, 0.4) is 0 Å². The van der Waals surface area contributed by atoms with E-state index in [0.717, 1.165) is 28.7 Å². The largest absolute Gasteiger partial charge is 0.338 e. The molecule has 1 aliphatic rings. The molecule has 2 heterocycles. The van der Waals surface area contributed by atoms with Crippen LogP contribution in [0.2, 0.25) is 5.02 Å². The van der Waals surface area contributed by atoms with Crippen LogP contribution in [-0.2, 0) is 5.75 Å². The number of benzene rings is 1. The number of rotatable bonds is 4. The van der Waals surface area contributed by atoms with Crippen LogP contribution >= 0.6 is 23.4 Å². The predicted octanol–water partition coefficient (Wildman–Crippen LogP) is 3.69. The first-order valence-electron chi connectivity index (χ1n) is 6.66. The van der Waals surface area contributed by atoms with E-state index >= 15 is 0 Å². The molecule has 1 N–H and O–H groups in total. The third-order valence-electron chi connectivity index (χ3n) is 3.45. The van der Waals surface area contributed by atoms with Crippen molar-refractivity contribution in [2.24, 2.45) is 5.92 Å². The van der Waals surface area contributed by atoms with Gasteiger partial charge in [-0.25, -0.2) is 0 Å². The van der Waals surface area contributed by atoms with Crippen molar-refractivity contribution in [2.75, 3.05) is 6.54 Å². The lowest BCUT2D eigenvalue weighted by Crippen LogP contribution is -2.16. The maximum Gasteiger partial charge on any atom is 0.244 e. The van der Waals surface area contributed by atoms with Gasteiger partial charge in [-0.15, -0.1) is 11.8 Å². The van der Waals surface area contributed by atoms with Crippen LogP contribution < -0.4 is 5.32 Å². The van der Waals surface area contributed by atoms with Crippen molar-refractivity contribution >= 4 is 23.4 Å². The molecular formula is C14H16ClN3OS. The first-order chi connectivity index (χ1) is 9.72. The first-order valence-corrected chi connectivity index (χ1v) is 8.03. The summed E-state index contributed by atoms with van der Waals surface area (Å²) in [5, 5.41) is 8.19. The summed E-state index contributed by atoms with van der Waals surface area (Å²) in [6.45, 7) is 3.22. The number of halogens is 1. The average molecular weight is 310 g/mol. The van der Waals surface area contributed by atoms with Crippen LogP contribution in [0.4, 0.5) is 0 Å². The Morgan fingerprint density at radius 3 is 3.15 bits per heavy atom. The van der Waals surface area contributed by atoms with E-state index in [1.54, 1.807) is 11.8 Å². The van der Waals surface area contributed by atoms with E-state index in [1.807, 2.05) is 24.3 Å². The smallest absolute Gasteiger partial charge is 0.244 e. The van der Waals surface area contributed by atoms with E-state index in [0.29, 0.717) is 17.6 Å². The van der Waals surface area contributed by atoms with Crippen molar-refractivity contribution in [2.45, 2.75) is 30.0 Å². The van der Waals surface area contributed by atoms with Crippen molar-refractivity contribution in [3.63, 3.8) is 0 Å². The predicted molar refractivity (Wildman–Crippen MR) is 79.8 cm³/mol. The van der Waals surface area contributed by atoms with Crippen molar-refractivity contribution in [3.8, 4) is 0 Å². The van der Waals surface area contributed by atoms with Crippen molar-refractivity contribution in [3.05, 3.63) is 41.0 Å². The molecule has 106 valence electrons. The van der Waals surface area contributed by atoms with E-state index in [-0.39, 0.29) is 6.04 Å². The first kappa shape index (κ1) is 13.9. The fraction of sp³-hybridized carbons (Fsp3) is 0.429. The van der Waals surface area contributed by atoms with Crippen molar-refractivity contribution < 1.29 is 4.52 Å². The zero-order chi connectivity index (χ0) is 13.9. The van der Waals surface area contributed by atoms with Gasteiger partial charge in [0.2, 0.25) is 5.89 Å². The highest BCUT2D eigenvalue weighted by Gasteiger charge is 2.29. The second kappa shape index (κ2) is 6.16. The molecule has 1 saturated heterocycles. The lowest BCUT2D eigenvalue weighted by molar-refractivity contribution is 0.317. The van der Waals surface area contributed by atoms with E-state index in [1.165, 1.54) is 0 Å².